The van der Waals surface area contributed by atoms with Gasteiger partial charge in [-0.2, -0.15) is 0 Å². The van der Waals surface area contributed by atoms with Gasteiger partial charge in [0.05, 0.1) is 16.7 Å². The molecular formula is C35H26N2. The zero-order valence-electron chi connectivity index (χ0n) is 20.7. The monoisotopic (exact) mass is 474 g/mol. The van der Waals surface area contributed by atoms with Crippen LogP contribution in [0.25, 0.3) is 49.4 Å². The first-order valence-electron chi connectivity index (χ1n) is 12.7. The lowest BCUT2D eigenvalue weighted by Crippen LogP contribution is -2.10. The predicted octanol–water partition coefficient (Wildman–Crippen LogP) is 9.37. The number of para-hydroxylation sites is 2. The molecule has 0 amide bonds. The Labute approximate surface area is 216 Å². The smallest absolute Gasteiger partial charge is 0.0542 e. The van der Waals surface area contributed by atoms with Crippen LogP contribution in [0.4, 0.5) is 11.4 Å². The van der Waals surface area contributed by atoms with E-state index in [4.69, 9.17) is 0 Å². The van der Waals surface area contributed by atoms with Gasteiger partial charge in [0.25, 0.3) is 0 Å². The number of hydrogen-bond donors (Lipinski definition) is 0. The second kappa shape index (κ2) is 8.69. The molecule has 0 atom stereocenters. The summed E-state index contributed by atoms with van der Waals surface area (Å²) < 4.78 is 2.41. The molecule has 0 aliphatic heterocycles. The zero-order valence-corrected chi connectivity index (χ0v) is 20.7. The molecule has 6 aromatic carbocycles. The Balaban J connectivity index is 1.41. The Bertz CT molecular complexity index is 1840. The molecule has 0 radical (unpaired) electrons. The largest absolute Gasteiger partial charge is 0.344 e. The molecule has 0 unspecified atom stereocenters. The fourth-order valence-corrected chi connectivity index (χ4v) is 5.60. The molecule has 7 aromatic rings. The standard InChI is InChI=1S/C35H26N2/c1-36(27-15-11-14-26(24-27)25-12-3-2-4-13-25)32-22-23-35(29-17-6-5-16-28(29)32)37-33-20-9-7-18-30(33)31-19-8-10-21-34(31)37/h2-24H,1H3. The molecule has 0 aliphatic carbocycles. The fourth-order valence-electron chi connectivity index (χ4n) is 5.60. The van der Waals surface area contributed by atoms with Crippen LogP contribution in [0.1, 0.15) is 0 Å². The van der Waals surface area contributed by atoms with E-state index in [1.807, 2.05) is 0 Å². The zero-order chi connectivity index (χ0) is 24.8. The highest BCUT2D eigenvalue weighted by atomic mass is 15.1. The van der Waals surface area contributed by atoms with Crippen molar-refractivity contribution in [2.75, 3.05) is 11.9 Å². The molecule has 2 heteroatoms. The van der Waals surface area contributed by atoms with Crippen LogP contribution in [0.5, 0.6) is 0 Å². The van der Waals surface area contributed by atoms with Gasteiger partial charge in [0.1, 0.15) is 0 Å². The summed E-state index contributed by atoms with van der Waals surface area (Å²) in [6.07, 6.45) is 0. The quantitative estimate of drug-likeness (QED) is 0.247. The number of rotatable bonds is 4. The molecule has 0 fully saturated rings. The van der Waals surface area contributed by atoms with Crippen molar-refractivity contribution in [3.05, 3.63) is 140 Å². The van der Waals surface area contributed by atoms with Gasteiger partial charge in [-0.25, -0.2) is 0 Å². The molecule has 176 valence electrons. The third-order valence-corrected chi connectivity index (χ3v) is 7.40. The molecule has 1 heterocycles. The predicted molar refractivity (Wildman–Crippen MR) is 158 cm³/mol. The van der Waals surface area contributed by atoms with Crippen molar-refractivity contribution in [2.45, 2.75) is 0 Å². The first kappa shape index (κ1) is 21.5. The highest BCUT2D eigenvalue weighted by molar-refractivity contribution is 6.11. The maximum atomic E-state index is 2.41. The molecule has 1 aromatic heterocycles. The Morgan fingerprint density at radius 2 is 1.03 bits per heavy atom. The second-order valence-corrected chi connectivity index (χ2v) is 9.49. The van der Waals surface area contributed by atoms with Gasteiger partial charge in [-0.1, -0.05) is 103 Å². The van der Waals surface area contributed by atoms with E-state index in [0.29, 0.717) is 0 Å². The van der Waals surface area contributed by atoms with Crippen LogP contribution in [0.3, 0.4) is 0 Å². The first-order valence-corrected chi connectivity index (χ1v) is 12.7. The van der Waals surface area contributed by atoms with Crippen molar-refractivity contribution in [1.82, 2.24) is 4.57 Å². The number of fused-ring (bicyclic) bond motifs is 4. The summed E-state index contributed by atoms with van der Waals surface area (Å²) in [4.78, 5) is 2.30. The van der Waals surface area contributed by atoms with Crippen LogP contribution < -0.4 is 4.90 Å². The number of anilines is 2. The Morgan fingerprint density at radius 3 is 1.73 bits per heavy atom. The van der Waals surface area contributed by atoms with Crippen LogP contribution in [-0.2, 0) is 0 Å². The Hall–Kier alpha value is -4.82. The summed E-state index contributed by atoms with van der Waals surface area (Å²) in [5.41, 5.74) is 8.45. The summed E-state index contributed by atoms with van der Waals surface area (Å²) in [6, 6.07) is 50.0. The van der Waals surface area contributed by atoms with Gasteiger partial charge in [-0.05, 0) is 47.5 Å². The van der Waals surface area contributed by atoms with Crippen LogP contribution in [-0.4, -0.2) is 11.6 Å². The normalized spacial score (nSPS) is 11.4. The molecule has 37 heavy (non-hydrogen) atoms. The minimum absolute atomic E-state index is 1.16. The summed E-state index contributed by atoms with van der Waals surface area (Å²) in [5.74, 6) is 0. The topological polar surface area (TPSA) is 8.17 Å². The van der Waals surface area contributed by atoms with Crippen LogP contribution >= 0.6 is 0 Å². The van der Waals surface area contributed by atoms with E-state index in [9.17, 15) is 0 Å². The van der Waals surface area contributed by atoms with Crippen molar-refractivity contribution in [3.8, 4) is 16.8 Å². The third kappa shape index (κ3) is 3.49. The van der Waals surface area contributed by atoms with Crippen molar-refractivity contribution >= 4 is 44.0 Å². The highest BCUT2D eigenvalue weighted by Gasteiger charge is 2.16. The van der Waals surface area contributed by atoms with E-state index in [0.717, 1.165) is 5.69 Å². The highest BCUT2D eigenvalue weighted by Crippen LogP contribution is 2.39. The fraction of sp³-hybridized carbons (Fsp3) is 0.0286. The molecule has 0 bridgehead atoms. The van der Waals surface area contributed by atoms with E-state index in [-0.39, 0.29) is 0 Å². The van der Waals surface area contributed by atoms with Gasteiger partial charge < -0.3 is 9.47 Å². The minimum atomic E-state index is 1.16. The Kier molecular flexibility index (Phi) is 5.04. The molecule has 0 aliphatic rings. The van der Waals surface area contributed by atoms with E-state index in [1.54, 1.807) is 0 Å². The van der Waals surface area contributed by atoms with Crippen molar-refractivity contribution in [3.63, 3.8) is 0 Å². The lowest BCUT2D eigenvalue weighted by molar-refractivity contribution is 1.18. The summed E-state index contributed by atoms with van der Waals surface area (Å²) >= 11 is 0. The van der Waals surface area contributed by atoms with Crippen LogP contribution in [0, 0.1) is 0 Å². The van der Waals surface area contributed by atoms with Gasteiger partial charge in [0, 0.05) is 40.0 Å². The number of nitrogens with zero attached hydrogens (tertiary/aromatic N) is 2. The van der Waals surface area contributed by atoms with Gasteiger partial charge in [-0.3, -0.25) is 0 Å². The van der Waals surface area contributed by atoms with Gasteiger partial charge in [-0.15, -0.1) is 0 Å². The molecular weight excluding hydrogens is 448 g/mol. The Morgan fingerprint density at radius 1 is 0.459 bits per heavy atom. The molecule has 0 spiro atoms. The van der Waals surface area contributed by atoms with Gasteiger partial charge >= 0.3 is 0 Å². The number of aromatic nitrogens is 1. The molecule has 0 saturated carbocycles. The van der Waals surface area contributed by atoms with E-state index < -0.39 is 0 Å². The van der Waals surface area contributed by atoms with Crippen LogP contribution in [0.2, 0.25) is 0 Å². The molecule has 2 nitrogen and oxygen atoms in total. The third-order valence-electron chi connectivity index (χ3n) is 7.40. The lowest BCUT2D eigenvalue weighted by Gasteiger charge is -2.23. The number of hydrogen-bond acceptors (Lipinski definition) is 1. The number of benzene rings is 6. The van der Waals surface area contributed by atoms with Crippen molar-refractivity contribution < 1.29 is 0 Å². The van der Waals surface area contributed by atoms with Crippen molar-refractivity contribution in [2.24, 2.45) is 0 Å². The molecule has 0 N–H and O–H groups in total. The summed E-state index contributed by atoms with van der Waals surface area (Å²) in [7, 11) is 2.16. The van der Waals surface area contributed by atoms with Crippen LogP contribution in [0.15, 0.2) is 140 Å². The van der Waals surface area contributed by atoms with Gasteiger partial charge in [0.2, 0.25) is 0 Å². The second-order valence-electron chi connectivity index (χ2n) is 9.49. The summed E-state index contributed by atoms with van der Waals surface area (Å²) in [5, 5.41) is 5.02. The van der Waals surface area contributed by atoms with E-state index in [2.05, 4.69) is 156 Å². The minimum Gasteiger partial charge on any atom is -0.344 e. The maximum Gasteiger partial charge on any atom is 0.0542 e. The average molecular weight is 475 g/mol. The maximum absolute atomic E-state index is 2.41. The summed E-state index contributed by atoms with van der Waals surface area (Å²) in [6.45, 7) is 0. The average Bonchev–Trinajstić information content (AvgIpc) is 3.31. The lowest BCUT2D eigenvalue weighted by atomic mass is 10.0. The van der Waals surface area contributed by atoms with E-state index >= 15 is 0 Å². The molecule has 7 rings (SSSR count). The SMILES string of the molecule is CN(c1cccc(-c2ccccc2)c1)c1ccc(-n2c3ccccc3c3ccccc32)c2ccccc12. The van der Waals surface area contributed by atoms with Gasteiger partial charge in [0.15, 0.2) is 0 Å². The molecule has 0 saturated heterocycles. The van der Waals surface area contributed by atoms with E-state index in [1.165, 1.54) is 55.1 Å². The van der Waals surface area contributed by atoms with Crippen molar-refractivity contribution in [1.29, 1.82) is 0 Å². The first-order chi connectivity index (χ1) is 18.3.